The zero-order valence-corrected chi connectivity index (χ0v) is 11.4. The lowest BCUT2D eigenvalue weighted by Gasteiger charge is -2.37. The zero-order chi connectivity index (χ0) is 11.4. The van der Waals surface area contributed by atoms with E-state index in [4.69, 9.17) is 5.73 Å². The first-order valence-corrected chi connectivity index (χ1v) is 8.47. The fourth-order valence-corrected chi connectivity index (χ4v) is 2.76. The molecule has 0 saturated heterocycles. The van der Waals surface area contributed by atoms with Crippen LogP contribution < -0.4 is 5.73 Å². The molecule has 0 unspecified atom stereocenters. The van der Waals surface area contributed by atoms with Crippen LogP contribution in [0.4, 0.5) is 0 Å². The summed E-state index contributed by atoms with van der Waals surface area (Å²) >= 11 is 0. The molecular formula is C12H25NSi. The summed E-state index contributed by atoms with van der Waals surface area (Å²) in [4.78, 5) is 0. The highest BCUT2D eigenvalue weighted by Crippen LogP contribution is 2.39. The Balaban J connectivity index is 4.19. The highest BCUT2D eigenvalue weighted by molar-refractivity contribution is 6.80. The lowest BCUT2D eigenvalue weighted by molar-refractivity contribution is 0.711. The number of nitrogens with two attached hydrogens (primary N) is 1. The molecule has 1 nitrogen and oxygen atoms in total. The first-order valence-electron chi connectivity index (χ1n) is 5.27. The first kappa shape index (κ1) is 13.5. The number of hydrogen-bond donors (Lipinski definition) is 1. The van der Waals surface area contributed by atoms with Crippen LogP contribution in [0, 0.1) is 0 Å². The van der Waals surface area contributed by atoms with E-state index in [2.05, 4.69) is 40.4 Å². The van der Waals surface area contributed by atoms with Gasteiger partial charge in [0.2, 0.25) is 0 Å². The van der Waals surface area contributed by atoms with Crippen molar-refractivity contribution in [3.8, 4) is 0 Å². The quantitative estimate of drug-likeness (QED) is 0.554. The van der Waals surface area contributed by atoms with Crippen molar-refractivity contribution in [3.63, 3.8) is 0 Å². The van der Waals surface area contributed by atoms with E-state index >= 15 is 0 Å². The number of allylic oxidation sites excluding steroid dienone is 2. The van der Waals surface area contributed by atoms with Gasteiger partial charge < -0.3 is 5.73 Å². The molecule has 0 amide bonds. The lowest BCUT2D eigenvalue weighted by atomic mass is 10.2. The summed E-state index contributed by atoms with van der Waals surface area (Å²) in [6.07, 6.45) is 4.57. The van der Waals surface area contributed by atoms with Gasteiger partial charge in [0.05, 0.1) is 8.07 Å². The zero-order valence-electron chi connectivity index (χ0n) is 10.4. The minimum absolute atomic E-state index is 0.472. The van der Waals surface area contributed by atoms with Crippen molar-refractivity contribution in [3.05, 3.63) is 24.4 Å². The first-order chi connectivity index (χ1) is 6.20. The van der Waals surface area contributed by atoms with Crippen molar-refractivity contribution in [2.75, 3.05) is 0 Å². The minimum Gasteiger partial charge on any atom is -0.405 e. The Kier molecular flexibility index (Phi) is 4.65. The molecule has 0 spiro atoms. The van der Waals surface area contributed by atoms with Crippen LogP contribution in [0.1, 0.15) is 27.2 Å². The van der Waals surface area contributed by atoms with Crippen molar-refractivity contribution < 1.29 is 0 Å². The van der Waals surface area contributed by atoms with Crippen LogP contribution in [-0.2, 0) is 0 Å². The van der Waals surface area contributed by atoms with Gasteiger partial charge in [-0.2, -0.15) is 0 Å². The van der Waals surface area contributed by atoms with E-state index in [9.17, 15) is 0 Å². The number of hydrogen-bond acceptors (Lipinski definition) is 1. The predicted octanol–water partition coefficient (Wildman–Crippen LogP) is 3.91. The highest BCUT2D eigenvalue weighted by atomic mass is 28.3. The Labute approximate surface area is 90.1 Å². The summed E-state index contributed by atoms with van der Waals surface area (Å²) in [5, 5.41) is 0.472. The molecule has 0 aliphatic heterocycles. The summed E-state index contributed by atoms with van der Waals surface area (Å²) < 4.78 is 0. The second kappa shape index (κ2) is 4.83. The van der Waals surface area contributed by atoms with E-state index in [0.29, 0.717) is 5.04 Å². The monoisotopic (exact) mass is 211 g/mol. The van der Waals surface area contributed by atoms with E-state index in [1.54, 1.807) is 6.20 Å². The summed E-state index contributed by atoms with van der Waals surface area (Å²) in [6.45, 7) is 15.9. The molecule has 0 aliphatic carbocycles. The fourth-order valence-electron chi connectivity index (χ4n) is 1.07. The molecule has 2 N–H and O–H groups in total. The van der Waals surface area contributed by atoms with Crippen molar-refractivity contribution in [2.45, 2.75) is 51.4 Å². The van der Waals surface area contributed by atoms with Crippen LogP contribution in [0.15, 0.2) is 24.4 Å². The topological polar surface area (TPSA) is 26.0 Å². The SMILES string of the molecule is C=C(C=CN)CC[Si](C)(C)C(C)(C)C. The van der Waals surface area contributed by atoms with Crippen LogP contribution in [0.3, 0.4) is 0 Å². The molecule has 0 aliphatic rings. The Morgan fingerprint density at radius 3 is 2.21 bits per heavy atom. The van der Waals surface area contributed by atoms with Gasteiger partial charge >= 0.3 is 0 Å². The number of rotatable bonds is 4. The van der Waals surface area contributed by atoms with Crippen molar-refractivity contribution >= 4 is 8.07 Å². The fraction of sp³-hybridized carbons (Fsp3) is 0.667. The Bertz CT molecular complexity index is 221. The van der Waals surface area contributed by atoms with E-state index < -0.39 is 8.07 Å². The molecule has 82 valence electrons. The third-order valence-electron chi connectivity index (χ3n) is 3.43. The Hall–Kier alpha value is -0.503. The van der Waals surface area contributed by atoms with Gasteiger partial charge in [0.1, 0.15) is 0 Å². The van der Waals surface area contributed by atoms with Crippen LogP contribution in [0.2, 0.25) is 24.2 Å². The molecule has 0 aromatic rings. The second-order valence-electron chi connectivity index (χ2n) is 5.65. The van der Waals surface area contributed by atoms with E-state index in [1.807, 2.05) is 6.08 Å². The largest absolute Gasteiger partial charge is 0.405 e. The smallest absolute Gasteiger partial charge is 0.0530 e. The third kappa shape index (κ3) is 4.14. The molecule has 0 saturated carbocycles. The van der Waals surface area contributed by atoms with Gasteiger partial charge in [0, 0.05) is 0 Å². The molecule has 14 heavy (non-hydrogen) atoms. The van der Waals surface area contributed by atoms with Crippen molar-refractivity contribution in [1.82, 2.24) is 0 Å². The maximum Gasteiger partial charge on any atom is 0.0530 e. The lowest BCUT2D eigenvalue weighted by Crippen LogP contribution is -2.36. The third-order valence-corrected chi connectivity index (χ3v) is 8.99. The molecule has 0 heterocycles. The summed E-state index contributed by atoms with van der Waals surface area (Å²) in [5.74, 6) is 0. The van der Waals surface area contributed by atoms with Crippen molar-refractivity contribution in [2.24, 2.45) is 5.73 Å². The molecule has 0 radical (unpaired) electrons. The van der Waals surface area contributed by atoms with E-state index in [-0.39, 0.29) is 0 Å². The van der Waals surface area contributed by atoms with Crippen molar-refractivity contribution in [1.29, 1.82) is 0 Å². The van der Waals surface area contributed by atoms with Gasteiger partial charge in [-0.05, 0) is 23.7 Å². The van der Waals surface area contributed by atoms with E-state index in [1.165, 1.54) is 6.04 Å². The van der Waals surface area contributed by atoms with Gasteiger partial charge in [-0.15, -0.1) is 0 Å². The van der Waals surface area contributed by atoms with E-state index in [0.717, 1.165) is 12.0 Å². The Morgan fingerprint density at radius 2 is 1.86 bits per heavy atom. The van der Waals surface area contributed by atoms with Crippen LogP contribution in [0.25, 0.3) is 0 Å². The average Bonchev–Trinajstić information content (AvgIpc) is 1.99. The van der Waals surface area contributed by atoms with Gasteiger partial charge in [-0.3, -0.25) is 0 Å². The van der Waals surface area contributed by atoms with Gasteiger partial charge in [0.25, 0.3) is 0 Å². The maximum absolute atomic E-state index is 5.32. The van der Waals surface area contributed by atoms with Gasteiger partial charge in [-0.25, -0.2) is 0 Å². The second-order valence-corrected chi connectivity index (χ2v) is 11.4. The normalized spacial score (nSPS) is 13.5. The van der Waals surface area contributed by atoms with Crippen LogP contribution >= 0.6 is 0 Å². The maximum atomic E-state index is 5.32. The molecule has 0 aromatic heterocycles. The average molecular weight is 211 g/mol. The molecule has 0 aromatic carbocycles. The summed E-state index contributed by atoms with van der Waals surface area (Å²) in [5.41, 5.74) is 6.47. The molecule has 0 fully saturated rings. The van der Waals surface area contributed by atoms with Gasteiger partial charge in [0.15, 0.2) is 0 Å². The molecule has 0 atom stereocenters. The summed E-state index contributed by atoms with van der Waals surface area (Å²) in [7, 11) is -1.13. The van der Waals surface area contributed by atoms with Crippen LogP contribution in [-0.4, -0.2) is 8.07 Å². The minimum atomic E-state index is -1.13. The standard InChI is InChI=1S/C12H25NSi/c1-11(7-9-13)8-10-14(5,6)12(2,3)4/h7,9H,1,8,10,13H2,2-6H3. The highest BCUT2D eigenvalue weighted by Gasteiger charge is 2.34. The molecule has 0 bridgehead atoms. The summed E-state index contributed by atoms with van der Waals surface area (Å²) in [6, 6.07) is 1.29. The molecule has 2 heteroatoms. The molecular weight excluding hydrogens is 186 g/mol. The Morgan fingerprint density at radius 1 is 1.36 bits per heavy atom. The van der Waals surface area contributed by atoms with Crippen LogP contribution in [0.5, 0.6) is 0 Å². The molecule has 0 rings (SSSR count). The predicted molar refractivity (Wildman–Crippen MR) is 69.1 cm³/mol. The van der Waals surface area contributed by atoms with Gasteiger partial charge in [-0.1, -0.05) is 52.1 Å².